The molecule has 1 saturated carbocycles. The minimum atomic E-state index is -0.409. The van der Waals surface area contributed by atoms with E-state index >= 15 is 0 Å². The zero-order valence-corrected chi connectivity index (χ0v) is 13.0. The van der Waals surface area contributed by atoms with E-state index in [4.69, 9.17) is 9.47 Å². The highest BCUT2D eigenvalue weighted by molar-refractivity contribution is 5.87. The Morgan fingerprint density at radius 3 is 2.05 bits per heavy atom. The van der Waals surface area contributed by atoms with Crippen LogP contribution in [0.5, 0.6) is 0 Å². The minimum absolute atomic E-state index is 0.212. The van der Waals surface area contributed by atoms with Gasteiger partial charge in [0, 0.05) is 12.0 Å². The van der Waals surface area contributed by atoms with Gasteiger partial charge in [0.05, 0.1) is 0 Å². The van der Waals surface area contributed by atoms with E-state index in [2.05, 4.69) is 20.4 Å². The van der Waals surface area contributed by atoms with Gasteiger partial charge >= 0.3 is 11.9 Å². The Hall–Kier alpha value is -1.32. The van der Waals surface area contributed by atoms with Crippen LogP contribution in [0.25, 0.3) is 0 Å². The van der Waals surface area contributed by atoms with Crippen LogP contribution in [0, 0.1) is 11.8 Å². The van der Waals surface area contributed by atoms with Crippen molar-refractivity contribution in [1.82, 2.24) is 0 Å². The Labute approximate surface area is 121 Å². The van der Waals surface area contributed by atoms with Gasteiger partial charge in [0.1, 0.15) is 12.2 Å². The summed E-state index contributed by atoms with van der Waals surface area (Å²) < 4.78 is 10.9. The molecule has 0 amide bonds. The first-order chi connectivity index (χ1) is 9.35. The van der Waals surface area contributed by atoms with Crippen molar-refractivity contribution >= 4 is 11.9 Å². The summed E-state index contributed by atoms with van der Waals surface area (Å²) in [6, 6.07) is 0. The van der Waals surface area contributed by atoms with Gasteiger partial charge in [-0.15, -0.1) is 0 Å². The van der Waals surface area contributed by atoms with E-state index in [-0.39, 0.29) is 18.2 Å². The van der Waals surface area contributed by atoms with Crippen molar-refractivity contribution < 1.29 is 19.1 Å². The third kappa shape index (κ3) is 4.66. The van der Waals surface area contributed by atoms with Crippen molar-refractivity contribution in [3.63, 3.8) is 0 Å². The fraction of sp³-hybridized carbons (Fsp3) is 0.750. The van der Waals surface area contributed by atoms with Crippen molar-refractivity contribution in [2.45, 2.75) is 65.6 Å². The average molecular weight is 282 g/mol. The molecule has 3 unspecified atom stereocenters. The van der Waals surface area contributed by atoms with E-state index in [1.807, 2.05) is 6.92 Å². The predicted octanol–water partition coefficient (Wildman–Crippen LogP) is 3.25. The van der Waals surface area contributed by atoms with Gasteiger partial charge in [0.2, 0.25) is 0 Å². The third-order valence-corrected chi connectivity index (χ3v) is 3.94. The highest BCUT2D eigenvalue weighted by atomic mass is 16.6. The maximum atomic E-state index is 11.7. The first-order valence-electron chi connectivity index (χ1n) is 7.41. The molecule has 0 bridgehead atoms. The van der Waals surface area contributed by atoms with Crippen molar-refractivity contribution in [3.8, 4) is 0 Å². The summed E-state index contributed by atoms with van der Waals surface area (Å²) in [7, 11) is 0. The van der Waals surface area contributed by atoms with Crippen LogP contribution in [0.2, 0.25) is 0 Å². The zero-order valence-electron chi connectivity index (χ0n) is 13.0. The fourth-order valence-electron chi connectivity index (χ4n) is 2.42. The van der Waals surface area contributed by atoms with Crippen molar-refractivity contribution in [1.29, 1.82) is 0 Å². The molecule has 4 atom stereocenters. The molecule has 0 aliphatic heterocycles. The van der Waals surface area contributed by atoms with E-state index < -0.39 is 5.97 Å². The Balaban J connectivity index is 2.71. The lowest BCUT2D eigenvalue weighted by molar-refractivity contribution is -0.173. The topological polar surface area (TPSA) is 52.6 Å². The third-order valence-electron chi connectivity index (χ3n) is 3.94. The van der Waals surface area contributed by atoms with Gasteiger partial charge in [-0.25, -0.2) is 4.79 Å². The molecule has 1 aliphatic rings. The Kier molecular flexibility index (Phi) is 6.24. The summed E-state index contributed by atoms with van der Waals surface area (Å²) in [5.74, 6) is 0.275. The predicted molar refractivity (Wildman–Crippen MR) is 77.0 cm³/mol. The molecule has 0 heterocycles. The monoisotopic (exact) mass is 282 g/mol. The SMILES string of the molecule is C=C(C)C(=O)OC1CC(C)[C@@H](C)CC1OC(=O)CCC. The van der Waals surface area contributed by atoms with Crippen LogP contribution in [0.4, 0.5) is 0 Å². The van der Waals surface area contributed by atoms with Gasteiger partial charge in [-0.05, 0) is 38.0 Å². The molecule has 0 spiro atoms. The van der Waals surface area contributed by atoms with Crippen LogP contribution in [0.15, 0.2) is 12.2 Å². The number of hydrogen-bond donors (Lipinski definition) is 0. The molecule has 4 nitrogen and oxygen atoms in total. The van der Waals surface area contributed by atoms with Gasteiger partial charge in [-0.1, -0.05) is 27.4 Å². The van der Waals surface area contributed by atoms with Crippen molar-refractivity contribution in [2.75, 3.05) is 0 Å². The minimum Gasteiger partial charge on any atom is -0.458 e. The number of carbonyl (C=O) groups excluding carboxylic acids is 2. The number of rotatable bonds is 5. The lowest BCUT2D eigenvalue weighted by Crippen LogP contribution is -2.43. The molecule has 1 fully saturated rings. The Morgan fingerprint density at radius 2 is 1.60 bits per heavy atom. The first-order valence-corrected chi connectivity index (χ1v) is 7.41. The molecule has 0 N–H and O–H groups in total. The van der Waals surface area contributed by atoms with Crippen LogP contribution < -0.4 is 0 Å². The second-order valence-electron chi connectivity index (χ2n) is 5.93. The van der Waals surface area contributed by atoms with Gasteiger partial charge < -0.3 is 9.47 Å². The lowest BCUT2D eigenvalue weighted by Gasteiger charge is -2.37. The van der Waals surface area contributed by atoms with Crippen molar-refractivity contribution in [3.05, 3.63) is 12.2 Å². The smallest absolute Gasteiger partial charge is 0.333 e. The molecule has 1 rings (SSSR count). The zero-order chi connectivity index (χ0) is 15.3. The summed E-state index contributed by atoms with van der Waals surface area (Å²) in [5.41, 5.74) is 0.370. The molecule has 4 heteroatoms. The maximum Gasteiger partial charge on any atom is 0.333 e. The Morgan fingerprint density at radius 1 is 1.10 bits per heavy atom. The number of ether oxygens (including phenoxy) is 2. The van der Waals surface area contributed by atoms with Crippen molar-refractivity contribution in [2.24, 2.45) is 11.8 Å². The highest BCUT2D eigenvalue weighted by Crippen LogP contribution is 2.33. The van der Waals surface area contributed by atoms with Gasteiger partial charge in [-0.3, -0.25) is 4.79 Å². The van der Waals surface area contributed by atoms with Crippen LogP contribution in [-0.4, -0.2) is 24.1 Å². The maximum absolute atomic E-state index is 11.7. The number of hydrogen-bond acceptors (Lipinski definition) is 4. The summed E-state index contributed by atoms with van der Waals surface area (Å²) in [6.45, 7) is 11.4. The van der Waals surface area contributed by atoms with E-state index in [0.717, 1.165) is 19.3 Å². The second-order valence-corrected chi connectivity index (χ2v) is 5.93. The molecule has 20 heavy (non-hydrogen) atoms. The fourth-order valence-corrected chi connectivity index (χ4v) is 2.42. The van der Waals surface area contributed by atoms with Crippen LogP contribution in [0.1, 0.15) is 53.4 Å². The molecule has 0 aromatic heterocycles. The molecule has 1 aliphatic carbocycles. The molecule has 0 radical (unpaired) electrons. The summed E-state index contributed by atoms with van der Waals surface area (Å²) in [4.78, 5) is 23.4. The van der Waals surface area contributed by atoms with E-state index in [9.17, 15) is 9.59 Å². The molecule has 0 aromatic rings. The molecule has 0 aromatic carbocycles. The Bertz CT molecular complexity index is 375. The van der Waals surface area contributed by atoms with Gasteiger partial charge in [-0.2, -0.15) is 0 Å². The summed E-state index contributed by atoms with van der Waals surface area (Å²) in [5, 5.41) is 0. The molecule has 114 valence electrons. The largest absolute Gasteiger partial charge is 0.458 e. The normalized spacial score (nSPS) is 29.6. The summed E-state index contributed by atoms with van der Waals surface area (Å²) >= 11 is 0. The quantitative estimate of drug-likeness (QED) is 0.573. The van der Waals surface area contributed by atoms with Crippen LogP contribution in [-0.2, 0) is 19.1 Å². The molecular weight excluding hydrogens is 256 g/mol. The molecular formula is C16H26O4. The summed E-state index contributed by atoms with van der Waals surface area (Å²) in [6.07, 6.45) is 1.94. The number of carbonyl (C=O) groups is 2. The van der Waals surface area contributed by atoms with E-state index in [1.54, 1.807) is 6.92 Å². The van der Waals surface area contributed by atoms with E-state index in [0.29, 0.717) is 23.8 Å². The van der Waals surface area contributed by atoms with Gasteiger partial charge in [0.25, 0.3) is 0 Å². The average Bonchev–Trinajstić information content (AvgIpc) is 2.35. The van der Waals surface area contributed by atoms with Crippen LogP contribution >= 0.6 is 0 Å². The lowest BCUT2D eigenvalue weighted by atomic mass is 9.78. The molecule has 0 saturated heterocycles. The van der Waals surface area contributed by atoms with Crippen LogP contribution in [0.3, 0.4) is 0 Å². The number of esters is 2. The first kappa shape index (κ1) is 16.7. The standard InChI is InChI=1S/C16H26O4/c1-6-7-15(17)19-13-8-11(4)12(5)9-14(13)20-16(18)10(2)3/h11-14H,2,6-9H2,1,3-5H3/t11-,12?,13?,14?/m0/s1. The second kappa shape index (κ2) is 7.46. The van der Waals surface area contributed by atoms with Gasteiger partial charge in [0.15, 0.2) is 0 Å². The van der Waals surface area contributed by atoms with E-state index in [1.165, 1.54) is 0 Å². The highest BCUT2D eigenvalue weighted by Gasteiger charge is 2.37.